The molecule has 3 N–H and O–H groups in total. The predicted octanol–water partition coefficient (Wildman–Crippen LogP) is 4.18. The molecular weight excluding hydrogens is 389 g/mol. The van der Waals surface area contributed by atoms with E-state index in [9.17, 15) is 4.79 Å². The Balaban J connectivity index is 1.93. The number of allylic oxidation sites excluding steroid dienone is 1. The number of hydrazone groups is 1. The molecular formula is C19H19Cl2N3O3. The van der Waals surface area contributed by atoms with Crippen LogP contribution in [0.2, 0.25) is 10.0 Å². The Morgan fingerprint density at radius 3 is 2.52 bits per heavy atom. The maximum Gasteiger partial charge on any atom is 0.332 e. The SMILES string of the molecule is C=CCc1ccccc1OCCOc1c(Cl)cc(/C=N/NC(N)=O)cc1Cl. The zero-order chi connectivity index (χ0) is 19.6. The molecule has 2 amide bonds. The van der Waals surface area contributed by atoms with Crippen LogP contribution in [0.25, 0.3) is 0 Å². The molecule has 6 nitrogen and oxygen atoms in total. The maximum absolute atomic E-state index is 10.6. The van der Waals surface area contributed by atoms with Gasteiger partial charge >= 0.3 is 6.03 Å². The first-order valence-electron chi connectivity index (χ1n) is 8.03. The predicted molar refractivity (Wildman–Crippen MR) is 108 cm³/mol. The summed E-state index contributed by atoms with van der Waals surface area (Å²) in [6.45, 7) is 4.33. The Morgan fingerprint density at radius 1 is 1.19 bits per heavy atom. The van der Waals surface area contributed by atoms with Gasteiger partial charge in [-0.2, -0.15) is 5.10 Å². The molecule has 0 aliphatic carbocycles. The highest BCUT2D eigenvalue weighted by Gasteiger charge is 2.10. The second-order valence-corrected chi connectivity index (χ2v) is 6.16. The van der Waals surface area contributed by atoms with Crippen molar-refractivity contribution in [3.05, 3.63) is 70.2 Å². The number of rotatable bonds is 9. The van der Waals surface area contributed by atoms with E-state index in [4.69, 9.17) is 38.4 Å². The molecule has 0 saturated heterocycles. The third kappa shape index (κ3) is 6.51. The number of primary amides is 1. The number of carbonyl (C=O) groups is 1. The molecule has 0 aromatic heterocycles. The van der Waals surface area contributed by atoms with Crippen LogP contribution in [0.4, 0.5) is 4.79 Å². The first kappa shape index (κ1) is 20.6. The number of nitrogens with one attached hydrogen (secondary N) is 1. The van der Waals surface area contributed by atoms with Gasteiger partial charge in [0.1, 0.15) is 19.0 Å². The van der Waals surface area contributed by atoms with Gasteiger partial charge in [-0.25, -0.2) is 10.2 Å². The lowest BCUT2D eigenvalue weighted by Gasteiger charge is -2.13. The van der Waals surface area contributed by atoms with Gasteiger partial charge in [-0.1, -0.05) is 47.5 Å². The summed E-state index contributed by atoms with van der Waals surface area (Å²) in [5, 5.41) is 4.28. The monoisotopic (exact) mass is 407 g/mol. The van der Waals surface area contributed by atoms with Gasteiger partial charge in [0.2, 0.25) is 0 Å². The van der Waals surface area contributed by atoms with E-state index in [1.807, 2.05) is 30.3 Å². The highest BCUT2D eigenvalue weighted by molar-refractivity contribution is 6.37. The van der Waals surface area contributed by atoms with Crippen LogP contribution in [-0.2, 0) is 6.42 Å². The number of urea groups is 1. The summed E-state index contributed by atoms with van der Waals surface area (Å²) < 4.78 is 11.4. The number of amides is 2. The Morgan fingerprint density at radius 2 is 1.85 bits per heavy atom. The van der Waals surface area contributed by atoms with E-state index in [0.717, 1.165) is 17.7 Å². The summed E-state index contributed by atoms with van der Waals surface area (Å²) >= 11 is 12.4. The molecule has 0 aliphatic heterocycles. The average Bonchev–Trinajstić information content (AvgIpc) is 2.61. The summed E-state index contributed by atoms with van der Waals surface area (Å²) in [6.07, 6.45) is 3.91. The summed E-state index contributed by atoms with van der Waals surface area (Å²) in [4.78, 5) is 10.6. The third-order valence-electron chi connectivity index (χ3n) is 3.33. The fourth-order valence-corrected chi connectivity index (χ4v) is 2.84. The minimum absolute atomic E-state index is 0.262. The standard InChI is InChI=1S/C19H19Cl2N3O3/c1-2-5-14-6-3-4-7-17(14)26-8-9-27-18-15(20)10-13(11-16(18)21)12-23-24-19(22)25/h2-4,6-7,10-12H,1,5,8-9H2,(H3,22,24,25)/b23-12+. The van der Waals surface area contributed by atoms with Crippen molar-refractivity contribution in [3.63, 3.8) is 0 Å². The molecule has 27 heavy (non-hydrogen) atoms. The van der Waals surface area contributed by atoms with Gasteiger partial charge < -0.3 is 15.2 Å². The van der Waals surface area contributed by atoms with Crippen molar-refractivity contribution in [2.24, 2.45) is 10.8 Å². The Kier molecular flexibility index (Phi) is 7.98. The molecule has 0 atom stereocenters. The van der Waals surface area contributed by atoms with Crippen molar-refractivity contribution in [1.82, 2.24) is 5.43 Å². The van der Waals surface area contributed by atoms with E-state index in [1.165, 1.54) is 6.21 Å². The van der Waals surface area contributed by atoms with Gasteiger partial charge in [0, 0.05) is 0 Å². The second-order valence-electron chi connectivity index (χ2n) is 5.35. The minimum Gasteiger partial charge on any atom is -0.490 e. The highest BCUT2D eigenvalue weighted by atomic mass is 35.5. The van der Waals surface area contributed by atoms with Crippen LogP contribution in [0, 0.1) is 0 Å². The molecule has 0 spiro atoms. The number of nitrogens with two attached hydrogens (primary N) is 1. The average molecular weight is 408 g/mol. The molecule has 0 unspecified atom stereocenters. The first-order chi connectivity index (χ1) is 13.0. The van der Waals surface area contributed by atoms with Gasteiger partial charge in [-0.3, -0.25) is 0 Å². The Labute approximate surface area is 167 Å². The van der Waals surface area contributed by atoms with E-state index in [-0.39, 0.29) is 6.61 Å². The molecule has 0 bridgehead atoms. The number of para-hydroxylation sites is 1. The quantitative estimate of drug-likeness (QED) is 0.283. The second kappa shape index (κ2) is 10.4. The van der Waals surface area contributed by atoms with Crippen molar-refractivity contribution in [2.45, 2.75) is 6.42 Å². The van der Waals surface area contributed by atoms with Crippen LogP contribution >= 0.6 is 23.2 Å². The zero-order valence-corrected chi connectivity index (χ0v) is 16.0. The van der Waals surface area contributed by atoms with Crippen LogP contribution in [0.1, 0.15) is 11.1 Å². The zero-order valence-electron chi connectivity index (χ0n) is 14.5. The lowest BCUT2D eigenvalue weighted by atomic mass is 10.1. The summed E-state index contributed by atoms with van der Waals surface area (Å²) in [7, 11) is 0. The fourth-order valence-electron chi connectivity index (χ4n) is 2.23. The molecule has 2 aromatic rings. The van der Waals surface area contributed by atoms with E-state index in [2.05, 4.69) is 17.1 Å². The van der Waals surface area contributed by atoms with E-state index >= 15 is 0 Å². The first-order valence-corrected chi connectivity index (χ1v) is 8.78. The van der Waals surface area contributed by atoms with Crippen molar-refractivity contribution >= 4 is 35.4 Å². The molecule has 2 rings (SSSR count). The molecule has 0 heterocycles. The number of carbonyl (C=O) groups excluding carboxylic acids is 1. The number of hydrogen-bond donors (Lipinski definition) is 2. The molecule has 0 aliphatic rings. The van der Waals surface area contributed by atoms with Gasteiger partial charge in [0.05, 0.1) is 16.3 Å². The van der Waals surface area contributed by atoms with Gasteiger partial charge in [-0.15, -0.1) is 6.58 Å². The molecule has 142 valence electrons. The largest absolute Gasteiger partial charge is 0.490 e. The smallest absolute Gasteiger partial charge is 0.332 e. The number of hydrogen-bond acceptors (Lipinski definition) is 4. The van der Waals surface area contributed by atoms with Crippen LogP contribution in [0.15, 0.2) is 54.2 Å². The number of nitrogens with zero attached hydrogens (tertiary/aromatic N) is 1. The number of benzene rings is 2. The summed E-state index contributed by atoms with van der Waals surface area (Å²) in [5.41, 5.74) is 8.65. The van der Waals surface area contributed by atoms with Gasteiger partial charge in [0.15, 0.2) is 5.75 Å². The fraction of sp³-hybridized carbons (Fsp3) is 0.158. The molecule has 8 heteroatoms. The molecule has 2 aromatic carbocycles. The Bertz CT molecular complexity index is 818. The Hall–Kier alpha value is -2.70. The lowest BCUT2D eigenvalue weighted by molar-refractivity contribution is 0.216. The van der Waals surface area contributed by atoms with Crippen molar-refractivity contribution < 1.29 is 14.3 Å². The normalized spacial score (nSPS) is 10.6. The van der Waals surface area contributed by atoms with Crippen LogP contribution < -0.4 is 20.6 Å². The lowest BCUT2D eigenvalue weighted by Crippen LogP contribution is -2.24. The summed E-state index contributed by atoms with van der Waals surface area (Å²) in [6, 6.07) is 10.2. The van der Waals surface area contributed by atoms with Gasteiger partial charge in [0.25, 0.3) is 0 Å². The van der Waals surface area contributed by atoms with E-state index < -0.39 is 6.03 Å². The number of ether oxygens (including phenoxy) is 2. The number of halogens is 2. The summed E-state index contributed by atoms with van der Waals surface area (Å²) in [5.74, 6) is 1.13. The van der Waals surface area contributed by atoms with Crippen molar-refractivity contribution in [1.29, 1.82) is 0 Å². The van der Waals surface area contributed by atoms with Crippen LogP contribution in [0.3, 0.4) is 0 Å². The van der Waals surface area contributed by atoms with Crippen LogP contribution in [-0.4, -0.2) is 25.5 Å². The maximum atomic E-state index is 10.6. The minimum atomic E-state index is -0.766. The third-order valence-corrected chi connectivity index (χ3v) is 3.89. The van der Waals surface area contributed by atoms with Gasteiger partial charge in [-0.05, 0) is 35.7 Å². The topological polar surface area (TPSA) is 85.9 Å². The van der Waals surface area contributed by atoms with Crippen molar-refractivity contribution in [2.75, 3.05) is 13.2 Å². The highest BCUT2D eigenvalue weighted by Crippen LogP contribution is 2.33. The van der Waals surface area contributed by atoms with Crippen LogP contribution in [0.5, 0.6) is 11.5 Å². The molecule has 0 radical (unpaired) electrons. The molecule has 0 fully saturated rings. The molecule has 0 saturated carbocycles. The van der Waals surface area contributed by atoms with E-state index in [0.29, 0.717) is 28.0 Å². The van der Waals surface area contributed by atoms with Crippen molar-refractivity contribution in [3.8, 4) is 11.5 Å². The van der Waals surface area contributed by atoms with E-state index in [1.54, 1.807) is 12.1 Å².